The topological polar surface area (TPSA) is 70.6 Å². The van der Waals surface area contributed by atoms with Crippen LogP contribution in [0.4, 0.5) is 10.5 Å². The van der Waals surface area contributed by atoms with E-state index in [9.17, 15) is 9.90 Å². The van der Waals surface area contributed by atoms with Gasteiger partial charge in [0.1, 0.15) is 0 Å². The van der Waals surface area contributed by atoms with Gasteiger partial charge in [-0.05, 0) is 44.4 Å². The summed E-state index contributed by atoms with van der Waals surface area (Å²) in [4.78, 5) is 11.9. The molecule has 0 atom stereocenters. The summed E-state index contributed by atoms with van der Waals surface area (Å²) in [5, 5.41) is 15.6. The molecule has 0 bridgehead atoms. The van der Waals surface area contributed by atoms with Crippen LogP contribution in [-0.4, -0.2) is 29.4 Å². The van der Waals surface area contributed by atoms with Crippen LogP contribution in [0.2, 0.25) is 0 Å². The van der Waals surface area contributed by atoms with Gasteiger partial charge in [-0.1, -0.05) is 26.0 Å². The van der Waals surface area contributed by atoms with Crippen LogP contribution in [0.5, 0.6) is 0 Å². The Bertz CT molecular complexity index is 471. The number of benzene rings is 1. The SMILES string of the molecule is CCC(O)(CC)CNC(=O)Nc1cccc(COC(C)C)c1. The third-order valence-electron chi connectivity index (χ3n) is 3.66. The number of aliphatic hydroxyl groups is 1. The first-order valence-corrected chi connectivity index (χ1v) is 7.86. The molecular weight excluding hydrogens is 280 g/mol. The van der Waals surface area contributed by atoms with Gasteiger partial charge in [-0.2, -0.15) is 0 Å². The van der Waals surface area contributed by atoms with Gasteiger partial charge in [0.05, 0.1) is 18.3 Å². The summed E-state index contributed by atoms with van der Waals surface area (Å²) >= 11 is 0. The molecule has 0 heterocycles. The summed E-state index contributed by atoms with van der Waals surface area (Å²) in [6.45, 7) is 8.53. The van der Waals surface area contributed by atoms with E-state index in [0.29, 0.717) is 25.1 Å². The maximum atomic E-state index is 11.9. The monoisotopic (exact) mass is 308 g/mol. The number of rotatable bonds is 8. The van der Waals surface area contributed by atoms with Gasteiger partial charge in [-0.25, -0.2) is 4.79 Å². The van der Waals surface area contributed by atoms with Gasteiger partial charge in [-0.15, -0.1) is 0 Å². The lowest BCUT2D eigenvalue weighted by Gasteiger charge is -2.25. The number of hydrogen-bond donors (Lipinski definition) is 3. The second-order valence-electron chi connectivity index (χ2n) is 5.80. The van der Waals surface area contributed by atoms with Crippen molar-refractivity contribution >= 4 is 11.7 Å². The highest BCUT2D eigenvalue weighted by Gasteiger charge is 2.22. The van der Waals surface area contributed by atoms with Gasteiger partial charge < -0.3 is 20.5 Å². The van der Waals surface area contributed by atoms with Crippen LogP contribution in [0.25, 0.3) is 0 Å². The average molecular weight is 308 g/mol. The molecule has 0 aromatic heterocycles. The molecule has 22 heavy (non-hydrogen) atoms. The van der Waals surface area contributed by atoms with E-state index < -0.39 is 5.60 Å². The quantitative estimate of drug-likeness (QED) is 0.690. The van der Waals surface area contributed by atoms with Crippen molar-refractivity contribution in [2.75, 3.05) is 11.9 Å². The van der Waals surface area contributed by atoms with E-state index in [2.05, 4.69) is 10.6 Å². The van der Waals surface area contributed by atoms with Crippen LogP contribution >= 0.6 is 0 Å². The number of nitrogens with one attached hydrogen (secondary N) is 2. The highest BCUT2D eigenvalue weighted by molar-refractivity contribution is 5.89. The predicted molar refractivity (Wildman–Crippen MR) is 88.9 cm³/mol. The van der Waals surface area contributed by atoms with Gasteiger partial charge in [0.2, 0.25) is 0 Å². The van der Waals surface area contributed by atoms with E-state index in [0.717, 1.165) is 5.56 Å². The first-order chi connectivity index (χ1) is 10.4. The lowest BCUT2D eigenvalue weighted by atomic mass is 9.98. The van der Waals surface area contributed by atoms with Crippen LogP contribution in [0.15, 0.2) is 24.3 Å². The maximum absolute atomic E-state index is 11.9. The fourth-order valence-corrected chi connectivity index (χ4v) is 1.92. The van der Waals surface area contributed by atoms with Crippen molar-refractivity contribution < 1.29 is 14.6 Å². The minimum absolute atomic E-state index is 0.167. The lowest BCUT2D eigenvalue weighted by molar-refractivity contribution is 0.0354. The van der Waals surface area contributed by atoms with Crippen LogP contribution in [0.1, 0.15) is 46.1 Å². The molecule has 0 radical (unpaired) electrons. The zero-order valence-corrected chi connectivity index (χ0v) is 14.0. The van der Waals surface area contributed by atoms with Crippen molar-refractivity contribution in [3.63, 3.8) is 0 Å². The summed E-state index contributed by atoms with van der Waals surface area (Å²) in [5.41, 5.74) is 0.869. The minimum Gasteiger partial charge on any atom is -0.388 e. The Kier molecular flexibility index (Phi) is 7.35. The molecule has 0 saturated heterocycles. The van der Waals surface area contributed by atoms with Gasteiger partial charge in [-0.3, -0.25) is 0 Å². The molecule has 1 rings (SSSR count). The van der Waals surface area contributed by atoms with Crippen molar-refractivity contribution in [3.8, 4) is 0 Å². The van der Waals surface area contributed by atoms with Crippen LogP contribution < -0.4 is 10.6 Å². The first-order valence-electron chi connectivity index (χ1n) is 7.86. The van der Waals surface area contributed by atoms with Crippen molar-refractivity contribution in [2.45, 2.75) is 58.8 Å². The Hall–Kier alpha value is -1.59. The van der Waals surface area contributed by atoms with Crippen molar-refractivity contribution in [2.24, 2.45) is 0 Å². The molecule has 1 aromatic carbocycles. The minimum atomic E-state index is -0.843. The summed E-state index contributed by atoms with van der Waals surface area (Å²) in [7, 11) is 0. The number of hydrogen-bond acceptors (Lipinski definition) is 3. The summed E-state index contributed by atoms with van der Waals surface area (Å²) in [6, 6.07) is 7.22. The molecule has 3 N–H and O–H groups in total. The molecule has 5 nitrogen and oxygen atoms in total. The van der Waals surface area contributed by atoms with Crippen LogP contribution in [0, 0.1) is 0 Å². The number of amides is 2. The summed E-state index contributed by atoms with van der Waals surface area (Å²) in [6.07, 6.45) is 1.37. The number of anilines is 1. The zero-order chi connectivity index (χ0) is 16.6. The Balaban J connectivity index is 2.52. The molecule has 5 heteroatoms. The van der Waals surface area contributed by atoms with E-state index in [-0.39, 0.29) is 18.7 Å². The molecule has 124 valence electrons. The Morgan fingerprint density at radius 2 is 2.00 bits per heavy atom. The molecule has 0 saturated carbocycles. The van der Waals surface area contributed by atoms with E-state index in [1.165, 1.54) is 0 Å². The highest BCUT2D eigenvalue weighted by atomic mass is 16.5. The van der Waals surface area contributed by atoms with Gasteiger partial charge in [0.15, 0.2) is 0 Å². The number of urea groups is 1. The highest BCUT2D eigenvalue weighted by Crippen LogP contribution is 2.14. The number of ether oxygens (including phenoxy) is 1. The van der Waals surface area contributed by atoms with E-state index in [1.54, 1.807) is 0 Å². The largest absolute Gasteiger partial charge is 0.388 e. The van der Waals surface area contributed by atoms with Gasteiger partial charge in [0, 0.05) is 12.2 Å². The number of carbonyl (C=O) groups is 1. The van der Waals surface area contributed by atoms with E-state index >= 15 is 0 Å². The Morgan fingerprint density at radius 1 is 1.32 bits per heavy atom. The molecule has 0 unspecified atom stereocenters. The second-order valence-corrected chi connectivity index (χ2v) is 5.80. The van der Waals surface area contributed by atoms with Gasteiger partial charge >= 0.3 is 6.03 Å². The lowest BCUT2D eigenvalue weighted by Crippen LogP contribution is -2.43. The predicted octanol–water partition coefficient (Wildman–Crippen LogP) is 3.28. The molecule has 0 fully saturated rings. The van der Waals surface area contributed by atoms with E-state index in [4.69, 9.17) is 4.74 Å². The standard InChI is InChI=1S/C17H28N2O3/c1-5-17(21,6-2)12-18-16(20)19-15-9-7-8-14(10-15)11-22-13(3)4/h7-10,13,21H,5-6,11-12H2,1-4H3,(H2,18,19,20). The van der Waals surface area contributed by atoms with Crippen molar-refractivity contribution in [1.29, 1.82) is 0 Å². The van der Waals surface area contributed by atoms with Crippen LogP contribution in [0.3, 0.4) is 0 Å². The Morgan fingerprint density at radius 3 is 2.59 bits per heavy atom. The molecule has 0 aliphatic rings. The molecule has 0 spiro atoms. The zero-order valence-electron chi connectivity index (χ0n) is 14.0. The third kappa shape index (κ3) is 6.45. The number of carbonyl (C=O) groups excluding carboxylic acids is 1. The van der Waals surface area contributed by atoms with Crippen LogP contribution in [-0.2, 0) is 11.3 Å². The van der Waals surface area contributed by atoms with Crippen molar-refractivity contribution in [1.82, 2.24) is 5.32 Å². The van der Waals surface area contributed by atoms with E-state index in [1.807, 2.05) is 52.0 Å². The smallest absolute Gasteiger partial charge is 0.319 e. The second kappa shape index (κ2) is 8.76. The molecule has 0 aliphatic heterocycles. The first kappa shape index (κ1) is 18.5. The fraction of sp³-hybridized carbons (Fsp3) is 0.588. The fourth-order valence-electron chi connectivity index (χ4n) is 1.92. The van der Waals surface area contributed by atoms with Crippen molar-refractivity contribution in [3.05, 3.63) is 29.8 Å². The summed E-state index contributed by atoms with van der Waals surface area (Å²) in [5.74, 6) is 0. The average Bonchev–Trinajstić information content (AvgIpc) is 2.51. The molecular formula is C17H28N2O3. The third-order valence-corrected chi connectivity index (χ3v) is 3.66. The Labute approximate surface area is 133 Å². The van der Waals surface area contributed by atoms with Gasteiger partial charge in [0.25, 0.3) is 0 Å². The summed E-state index contributed by atoms with van der Waals surface area (Å²) < 4.78 is 5.55. The molecule has 1 aromatic rings. The maximum Gasteiger partial charge on any atom is 0.319 e. The molecule has 0 aliphatic carbocycles. The normalized spacial score (nSPS) is 11.5. The molecule has 2 amide bonds.